The minimum absolute atomic E-state index is 0.164. The van der Waals surface area contributed by atoms with Gasteiger partial charge in [0.05, 0.1) is 23.1 Å². The summed E-state index contributed by atoms with van der Waals surface area (Å²) < 4.78 is 0. The minimum Gasteiger partial charge on any atom is -0.338 e. The summed E-state index contributed by atoms with van der Waals surface area (Å²) in [6.07, 6.45) is 9.21. The predicted molar refractivity (Wildman–Crippen MR) is 108 cm³/mol. The number of urea groups is 1. The monoisotopic (exact) mass is 361 g/mol. The lowest BCUT2D eigenvalue weighted by Gasteiger charge is -2.22. The maximum Gasteiger partial charge on any atom is 0.319 e. The Hall–Kier alpha value is -3.15. The van der Waals surface area contributed by atoms with Gasteiger partial charge < -0.3 is 16.0 Å². The van der Waals surface area contributed by atoms with Crippen molar-refractivity contribution >= 4 is 34.1 Å². The standard InChI is InChI=1S/C21H23N5O/c27-21(24-16-8-2-1-3-9-16)25-17-11-12-19(23-14-17)26-18-10-4-6-15-7-5-13-22-20(15)18/h4-7,10-14,16H,1-3,8-9H2,(H,23,26)(H2,24,25,27). The van der Waals surface area contributed by atoms with E-state index in [0.29, 0.717) is 11.5 Å². The molecule has 0 bridgehead atoms. The number of fused-ring (bicyclic) bond motifs is 1. The molecule has 1 saturated carbocycles. The molecule has 138 valence electrons. The van der Waals surface area contributed by atoms with Crippen LogP contribution in [-0.2, 0) is 0 Å². The van der Waals surface area contributed by atoms with E-state index in [1.54, 1.807) is 12.4 Å². The second-order valence-electron chi connectivity index (χ2n) is 6.87. The van der Waals surface area contributed by atoms with Crippen molar-refractivity contribution in [2.75, 3.05) is 10.6 Å². The molecule has 6 nitrogen and oxygen atoms in total. The second kappa shape index (κ2) is 8.03. The second-order valence-corrected chi connectivity index (χ2v) is 6.87. The van der Waals surface area contributed by atoms with E-state index in [2.05, 4.69) is 25.9 Å². The van der Waals surface area contributed by atoms with E-state index in [0.717, 1.165) is 29.4 Å². The number of para-hydroxylation sites is 1. The van der Waals surface area contributed by atoms with Gasteiger partial charge in [-0.2, -0.15) is 0 Å². The first-order valence-corrected chi connectivity index (χ1v) is 9.42. The molecule has 1 fully saturated rings. The molecule has 0 saturated heterocycles. The molecular formula is C21H23N5O. The predicted octanol–water partition coefficient (Wildman–Crippen LogP) is 4.83. The topological polar surface area (TPSA) is 78.9 Å². The number of nitrogens with zero attached hydrogens (tertiary/aromatic N) is 2. The number of hydrogen-bond acceptors (Lipinski definition) is 4. The Balaban J connectivity index is 1.39. The Labute approximate surface area is 158 Å². The van der Waals surface area contributed by atoms with Crippen molar-refractivity contribution < 1.29 is 4.79 Å². The highest BCUT2D eigenvalue weighted by Gasteiger charge is 2.15. The molecule has 3 N–H and O–H groups in total. The number of aromatic nitrogens is 2. The van der Waals surface area contributed by atoms with Crippen molar-refractivity contribution in [3.8, 4) is 0 Å². The SMILES string of the molecule is O=C(Nc1ccc(Nc2cccc3cccnc23)nc1)NC1CCCCC1. The zero-order valence-electron chi connectivity index (χ0n) is 15.1. The molecule has 0 radical (unpaired) electrons. The van der Waals surface area contributed by atoms with Crippen molar-refractivity contribution in [2.45, 2.75) is 38.1 Å². The van der Waals surface area contributed by atoms with Gasteiger partial charge in [-0.25, -0.2) is 9.78 Å². The lowest BCUT2D eigenvalue weighted by Crippen LogP contribution is -2.39. The van der Waals surface area contributed by atoms with E-state index in [4.69, 9.17) is 0 Å². The molecule has 6 heteroatoms. The first kappa shape index (κ1) is 17.3. The lowest BCUT2D eigenvalue weighted by atomic mass is 9.96. The van der Waals surface area contributed by atoms with E-state index in [1.807, 2.05) is 42.5 Å². The van der Waals surface area contributed by atoms with Crippen LogP contribution >= 0.6 is 0 Å². The number of pyridine rings is 2. The van der Waals surface area contributed by atoms with Crippen molar-refractivity contribution in [2.24, 2.45) is 0 Å². The summed E-state index contributed by atoms with van der Waals surface area (Å²) in [6, 6.07) is 13.7. The number of carbonyl (C=O) groups is 1. The van der Waals surface area contributed by atoms with Gasteiger partial charge in [0.1, 0.15) is 5.82 Å². The molecule has 2 amide bonds. The Morgan fingerprint density at radius 3 is 2.63 bits per heavy atom. The molecule has 27 heavy (non-hydrogen) atoms. The summed E-state index contributed by atoms with van der Waals surface area (Å²) in [7, 11) is 0. The van der Waals surface area contributed by atoms with Crippen molar-refractivity contribution in [1.82, 2.24) is 15.3 Å². The van der Waals surface area contributed by atoms with Gasteiger partial charge in [-0.3, -0.25) is 4.98 Å². The average Bonchev–Trinajstić information content (AvgIpc) is 2.70. The van der Waals surface area contributed by atoms with Crippen LogP contribution in [0.3, 0.4) is 0 Å². The van der Waals surface area contributed by atoms with Crippen molar-refractivity contribution in [1.29, 1.82) is 0 Å². The molecule has 1 aliphatic carbocycles. The van der Waals surface area contributed by atoms with Crippen molar-refractivity contribution in [3.05, 3.63) is 54.9 Å². The van der Waals surface area contributed by atoms with Crippen LogP contribution in [0, 0.1) is 0 Å². The van der Waals surface area contributed by atoms with Gasteiger partial charge in [-0.05, 0) is 37.1 Å². The highest BCUT2D eigenvalue weighted by atomic mass is 16.2. The zero-order chi connectivity index (χ0) is 18.5. The normalized spacial score (nSPS) is 14.7. The van der Waals surface area contributed by atoms with Crippen LogP contribution in [0.2, 0.25) is 0 Å². The summed E-state index contributed by atoms with van der Waals surface area (Å²) in [6.45, 7) is 0. The minimum atomic E-state index is -0.164. The number of anilines is 3. The molecule has 0 atom stereocenters. The van der Waals surface area contributed by atoms with Gasteiger partial charge in [0.25, 0.3) is 0 Å². The summed E-state index contributed by atoms with van der Waals surface area (Å²) in [5, 5.41) is 10.3. The molecule has 4 rings (SSSR count). The molecule has 2 heterocycles. The summed E-state index contributed by atoms with van der Waals surface area (Å²) in [5.74, 6) is 0.700. The van der Waals surface area contributed by atoms with Crippen LogP contribution in [0.25, 0.3) is 10.9 Å². The molecule has 3 aromatic rings. The Morgan fingerprint density at radius 1 is 0.963 bits per heavy atom. The molecule has 0 aliphatic heterocycles. The van der Waals surface area contributed by atoms with Gasteiger partial charge in [0, 0.05) is 17.6 Å². The number of nitrogens with one attached hydrogen (secondary N) is 3. The van der Waals surface area contributed by atoms with E-state index in [1.165, 1.54) is 19.3 Å². The van der Waals surface area contributed by atoms with E-state index in [9.17, 15) is 4.79 Å². The zero-order valence-corrected chi connectivity index (χ0v) is 15.1. The number of rotatable bonds is 4. The number of hydrogen-bond donors (Lipinski definition) is 3. The fraction of sp³-hybridized carbons (Fsp3) is 0.286. The first-order chi connectivity index (χ1) is 13.3. The largest absolute Gasteiger partial charge is 0.338 e. The van der Waals surface area contributed by atoms with Crippen LogP contribution < -0.4 is 16.0 Å². The van der Waals surface area contributed by atoms with Gasteiger partial charge >= 0.3 is 6.03 Å². The maximum absolute atomic E-state index is 12.1. The van der Waals surface area contributed by atoms with Crippen LogP contribution in [0.5, 0.6) is 0 Å². The Morgan fingerprint density at radius 2 is 1.81 bits per heavy atom. The first-order valence-electron chi connectivity index (χ1n) is 9.42. The van der Waals surface area contributed by atoms with Crippen LogP contribution in [0.1, 0.15) is 32.1 Å². The highest BCUT2D eigenvalue weighted by Crippen LogP contribution is 2.24. The number of carbonyl (C=O) groups excluding carboxylic acids is 1. The molecule has 0 unspecified atom stereocenters. The van der Waals surface area contributed by atoms with Gasteiger partial charge in [-0.15, -0.1) is 0 Å². The van der Waals surface area contributed by atoms with Crippen molar-refractivity contribution in [3.63, 3.8) is 0 Å². The van der Waals surface area contributed by atoms with Crippen LogP contribution in [-0.4, -0.2) is 22.0 Å². The third-order valence-corrected chi connectivity index (χ3v) is 4.86. The molecular weight excluding hydrogens is 338 g/mol. The van der Waals surface area contributed by atoms with Gasteiger partial charge in [0.2, 0.25) is 0 Å². The highest BCUT2D eigenvalue weighted by molar-refractivity contribution is 5.92. The van der Waals surface area contributed by atoms with E-state index >= 15 is 0 Å². The van der Waals surface area contributed by atoms with Crippen LogP contribution in [0.15, 0.2) is 54.9 Å². The lowest BCUT2D eigenvalue weighted by molar-refractivity contribution is 0.244. The Kier molecular flexibility index (Phi) is 5.14. The summed E-state index contributed by atoms with van der Waals surface area (Å²) in [5.41, 5.74) is 2.47. The molecule has 2 aromatic heterocycles. The van der Waals surface area contributed by atoms with E-state index in [-0.39, 0.29) is 12.1 Å². The fourth-order valence-electron chi connectivity index (χ4n) is 3.48. The Bertz CT molecular complexity index is 914. The fourth-order valence-corrected chi connectivity index (χ4v) is 3.48. The van der Waals surface area contributed by atoms with Gasteiger partial charge in [-0.1, -0.05) is 37.5 Å². The quantitative estimate of drug-likeness (QED) is 0.622. The van der Waals surface area contributed by atoms with E-state index < -0.39 is 0 Å². The third-order valence-electron chi connectivity index (χ3n) is 4.86. The summed E-state index contributed by atoms with van der Waals surface area (Å²) in [4.78, 5) is 21.0. The summed E-state index contributed by atoms with van der Waals surface area (Å²) >= 11 is 0. The smallest absolute Gasteiger partial charge is 0.319 e. The third kappa shape index (κ3) is 4.34. The number of benzene rings is 1. The van der Waals surface area contributed by atoms with Gasteiger partial charge in [0.15, 0.2) is 0 Å². The maximum atomic E-state index is 12.1. The molecule has 1 aromatic carbocycles. The number of amides is 2. The molecule has 1 aliphatic rings. The average molecular weight is 361 g/mol. The molecule has 0 spiro atoms. The van der Waals surface area contributed by atoms with Crippen LogP contribution in [0.4, 0.5) is 22.0 Å².